The van der Waals surface area contributed by atoms with Crippen LogP contribution < -0.4 is 5.32 Å². The van der Waals surface area contributed by atoms with Gasteiger partial charge in [-0.05, 0) is 33.6 Å². The van der Waals surface area contributed by atoms with Crippen molar-refractivity contribution in [1.29, 1.82) is 0 Å². The number of nitrogens with one attached hydrogen (secondary N) is 1. The van der Waals surface area contributed by atoms with Crippen molar-refractivity contribution in [2.24, 2.45) is 5.41 Å². The van der Waals surface area contributed by atoms with Gasteiger partial charge in [-0.1, -0.05) is 5.16 Å². The highest BCUT2D eigenvalue weighted by molar-refractivity contribution is 5.84. The van der Waals surface area contributed by atoms with Gasteiger partial charge in [-0.25, -0.2) is 0 Å². The van der Waals surface area contributed by atoms with Crippen molar-refractivity contribution in [3.8, 4) is 0 Å². The fourth-order valence-corrected chi connectivity index (χ4v) is 2.96. The number of hydrogen-bond acceptors (Lipinski definition) is 4. The summed E-state index contributed by atoms with van der Waals surface area (Å²) in [5, 5.41) is 6.57. The zero-order chi connectivity index (χ0) is 15.6. The summed E-state index contributed by atoms with van der Waals surface area (Å²) < 4.78 is 5.10. The first-order chi connectivity index (χ1) is 9.87. The first kappa shape index (κ1) is 15.5. The highest BCUT2D eigenvalue weighted by Crippen LogP contribution is 2.30. The van der Waals surface area contributed by atoms with Gasteiger partial charge in [0.1, 0.15) is 5.76 Å². The van der Waals surface area contributed by atoms with E-state index in [2.05, 4.69) is 10.5 Å². The summed E-state index contributed by atoms with van der Waals surface area (Å²) in [5.74, 6) is 0.712. The second-order valence-corrected chi connectivity index (χ2v) is 6.04. The maximum Gasteiger partial charge on any atom is 0.227 e. The minimum Gasteiger partial charge on any atom is -0.361 e. The Kier molecular flexibility index (Phi) is 4.34. The Bertz CT molecular complexity index is 533. The number of amides is 2. The average Bonchev–Trinajstić information content (AvgIpc) is 2.78. The lowest BCUT2D eigenvalue weighted by molar-refractivity contribution is -0.139. The van der Waals surface area contributed by atoms with E-state index in [1.165, 1.54) is 0 Å². The number of nitrogens with zero attached hydrogens (tertiary/aromatic N) is 2. The molecule has 6 nitrogen and oxygen atoms in total. The molecule has 116 valence electrons. The summed E-state index contributed by atoms with van der Waals surface area (Å²) >= 11 is 0. The molecule has 0 aliphatic carbocycles. The number of piperidine rings is 1. The quantitative estimate of drug-likeness (QED) is 0.909. The lowest BCUT2D eigenvalue weighted by atomic mass is 9.81. The smallest absolute Gasteiger partial charge is 0.227 e. The van der Waals surface area contributed by atoms with E-state index in [1.807, 2.05) is 20.8 Å². The van der Waals surface area contributed by atoms with Gasteiger partial charge in [0.2, 0.25) is 11.8 Å². The zero-order valence-electron chi connectivity index (χ0n) is 13.2. The molecule has 0 spiro atoms. The van der Waals surface area contributed by atoms with Crippen molar-refractivity contribution in [3.63, 3.8) is 0 Å². The summed E-state index contributed by atoms with van der Waals surface area (Å²) in [4.78, 5) is 26.3. The maximum absolute atomic E-state index is 12.5. The Labute approximate surface area is 124 Å². The molecule has 1 N–H and O–H groups in total. The molecule has 2 heterocycles. The van der Waals surface area contributed by atoms with Crippen LogP contribution in [0.1, 0.15) is 36.8 Å². The molecule has 6 heteroatoms. The van der Waals surface area contributed by atoms with Gasteiger partial charge in [0.25, 0.3) is 0 Å². The fourth-order valence-electron chi connectivity index (χ4n) is 2.96. The molecule has 1 saturated heterocycles. The molecule has 0 bridgehead atoms. The molecule has 1 unspecified atom stereocenters. The van der Waals surface area contributed by atoms with Crippen molar-refractivity contribution in [1.82, 2.24) is 15.4 Å². The van der Waals surface area contributed by atoms with E-state index in [0.29, 0.717) is 18.8 Å². The van der Waals surface area contributed by atoms with Crippen LogP contribution in [0.2, 0.25) is 0 Å². The first-order valence-electron chi connectivity index (χ1n) is 7.29. The predicted molar refractivity (Wildman–Crippen MR) is 77.7 cm³/mol. The number of rotatable bonds is 3. The summed E-state index contributed by atoms with van der Waals surface area (Å²) in [6.45, 7) is 6.74. The molecule has 1 aromatic heterocycles. The molecule has 2 amide bonds. The molecule has 1 atom stereocenters. The summed E-state index contributed by atoms with van der Waals surface area (Å²) in [7, 11) is 1.64. The molecule has 21 heavy (non-hydrogen) atoms. The largest absolute Gasteiger partial charge is 0.361 e. The molecule has 1 aliphatic heterocycles. The summed E-state index contributed by atoms with van der Waals surface area (Å²) in [6, 6.07) is 0. The highest BCUT2D eigenvalue weighted by atomic mass is 16.5. The first-order valence-corrected chi connectivity index (χ1v) is 7.29. The highest BCUT2D eigenvalue weighted by Gasteiger charge is 2.38. The third kappa shape index (κ3) is 3.09. The Morgan fingerprint density at radius 2 is 2.14 bits per heavy atom. The molecule has 2 rings (SSSR count). The molecular weight excluding hydrogens is 270 g/mol. The van der Waals surface area contributed by atoms with Gasteiger partial charge in [-0.3, -0.25) is 9.59 Å². The van der Waals surface area contributed by atoms with E-state index in [-0.39, 0.29) is 18.2 Å². The minimum atomic E-state index is -0.499. The van der Waals surface area contributed by atoms with Crippen LogP contribution >= 0.6 is 0 Å². The number of hydrogen-bond donors (Lipinski definition) is 1. The van der Waals surface area contributed by atoms with Crippen LogP contribution in [0.25, 0.3) is 0 Å². The Morgan fingerprint density at radius 3 is 2.71 bits per heavy atom. The zero-order valence-corrected chi connectivity index (χ0v) is 13.2. The molecular formula is C15H23N3O3. The lowest BCUT2D eigenvalue weighted by Gasteiger charge is -2.39. The Morgan fingerprint density at radius 1 is 1.43 bits per heavy atom. The van der Waals surface area contributed by atoms with E-state index in [4.69, 9.17) is 4.52 Å². The van der Waals surface area contributed by atoms with E-state index >= 15 is 0 Å². The molecule has 1 aromatic rings. The van der Waals surface area contributed by atoms with Crippen molar-refractivity contribution in [2.45, 2.75) is 40.0 Å². The second-order valence-electron chi connectivity index (χ2n) is 6.04. The van der Waals surface area contributed by atoms with Gasteiger partial charge >= 0.3 is 0 Å². The number of carbonyl (C=O) groups excluding carboxylic acids is 2. The lowest BCUT2D eigenvalue weighted by Crippen LogP contribution is -2.51. The second kappa shape index (κ2) is 5.87. The van der Waals surface area contributed by atoms with Gasteiger partial charge in [0, 0.05) is 25.7 Å². The van der Waals surface area contributed by atoms with E-state index < -0.39 is 5.41 Å². The molecule has 1 aliphatic rings. The summed E-state index contributed by atoms with van der Waals surface area (Å²) in [6.07, 6.45) is 1.93. The number of likely N-dealkylation sites (tertiary alicyclic amines) is 1. The minimum absolute atomic E-state index is 0.00246. The summed E-state index contributed by atoms with van der Waals surface area (Å²) in [5.41, 5.74) is 1.11. The van der Waals surface area contributed by atoms with Crippen molar-refractivity contribution in [3.05, 3.63) is 17.0 Å². The SMILES string of the molecule is CNC(=O)C1(C)CCCN(C(=O)Cc2c(C)noc2C)C1. The van der Waals surface area contributed by atoms with Crippen LogP contribution in [0.15, 0.2) is 4.52 Å². The topological polar surface area (TPSA) is 75.4 Å². The van der Waals surface area contributed by atoms with E-state index in [0.717, 1.165) is 24.1 Å². The fraction of sp³-hybridized carbons (Fsp3) is 0.667. The van der Waals surface area contributed by atoms with Crippen LogP contribution in [0.5, 0.6) is 0 Å². The van der Waals surface area contributed by atoms with Crippen LogP contribution in [0.3, 0.4) is 0 Å². The third-order valence-corrected chi connectivity index (χ3v) is 4.33. The maximum atomic E-state index is 12.5. The monoisotopic (exact) mass is 293 g/mol. The number of carbonyl (C=O) groups is 2. The number of aryl methyl sites for hydroxylation is 2. The van der Waals surface area contributed by atoms with E-state index in [9.17, 15) is 9.59 Å². The van der Waals surface area contributed by atoms with Gasteiger partial charge < -0.3 is 14.7 Å². The van der Waals surface area contributed by atoms with Crippen molar-refractivity contribution < 1.29 is 14.1 Å². The Balaban J connectivity index is 2.08. The van der Waals surface area contributed by atoms with Crippen LogP contribution in [0, 0.1) is 19.3 Å². The molecule has 1 fully saturated rings. The van der Waals surface area contributed by atoms with Gasteiger partial charge in [0.05, 0.1) is 17.5 Å². The van der Waals surface area contributed by atoms with Crippen LogP contribution in [0.4, 0.5) is 0 Å². The van der Waals surface area contributed by atoms with Crippen molar-refractivity contribution >= 4 is 11.8 Å². The van der Waals surface area contributed by atoms with Crippen LogP contribution in [-0.2, 0) is 16.0 Å². The molecule has 0 saturated carbocycles. The number of aromatic nitrogens is 1. The van der Waals surface area contributed by atoms with Gasteiger partial charge in [-0.15, -0.1) is 0 Å². The average molecular weight is 293 g/mol. The van der Waals surface area contributed by atoms with E-state index in [1.54, 1.807) is 11.9 Å². The van der Waals surface area contributed by atoms with Crippen molar-refractivity contribution in [2.75, 3.05) is 20.1 Å². The van der Waals surface area contributed by atoms with Gasteiger partial charge in [-0.2, -0.15) is 0 Å². The Hall–Kier alpha value is -1.85. The van der Waals surface area contributed by atoms with Gasteiger partial charge in [0.15, 0.2) is 0 Å². The molecule has 0 radical (unpaired) electrons. The predicted octanol–water partition coefficient (Wildman–Crippen LogP) is 1.21. The molecule has 0 aromatic carbocycles. The van der Waals surface area contributed by atoms with Crippen LogP contribution in [-0.4, -0.2) is 42.0 Å². The normalized spacial score (nSPS) is 22.2. The third-order valence-electron chi connectivity index (χ3n) is 4.33. The standard InChI is InChI=1S/C15H23N3O3/c1-10-12(11(2)21-17-10)8-13(19)18-7-5-6-15(3,9-18)14(20)16-4/h5-9H2,1-4H3,(H,16,20).